The first-order chi connectivity index (χ1) is 14.1. The van der Waals surface area contributed by atoms with E-state index in [1.165, 1.54) is 32.1 Å². The molecule has 1 saturated heterocycles. The Bertz CT molecular complexity index is 822. The van der Waals surface area contributed by atoms with Crippen LogP contribution in [0.3, 0.4) is 0 Å². The number of hydrogen-bond acceptors (Lipinski definition) is 3. The lowest BCUT2D eigenvalue weighted by atomic mass is 9.87. The number of para-hydroxylation sites is 2. The highest BCUT2D eigenvalue weighted by atomic mass is 16.2. The van der Waals surface area contributed by atoms with Gasteiger partial charge in [0.15, 0.2) is 0 Å². The van der Waals surface area contributed by atoms with Crippen molar-refractivity contribution in [2.75, 3.05) is 26.7 Å². The lowest BCUT2D eigenvalue weighted by molar-refractivity contribution is -0.142. The van der Waals surface area contributed by atoms with Crippen LogP contribution < -0.4 is 0 Å². The van der Waals surface area contributed by atoms with Crippen LogP contribution in [0.1, 0.15) is 50.8 Å². The van der Waals surface area contributed by atoms with Gasteiger partial charge in [-0.05, 0) is 37.3 Å². The first kappa shape index (κ1) is 19.9. The maximum atomic E-state index is 13.0. The summed E-state index contributed by atoms with van der Waals surface area (Å²) < 4.78 is 0. The van der Waals surface area contributed by atoms with E-state index in [0.29, 0.717) is 38.3 Å². The van der Waals surface area contributed by atoms with Crippen molar-refractivity contribution < 1.29 is 9.59 Å². The zero-order valence-electron chi connectivity index (χ0n) is 17.4. The molecule has 1 aromatic carbocycles. The van der Waals surface area contributed by atoms with Crippen LogP contribution >= 0.6 is 0 Å². The van der Waals surface area contributed by atoms with Gasteiger partial charge >= 0.3 is 0 Å². The smallest absolute Gasteiger partial charge is 0.227 e. The summed E-state index contributed by atoms with van der Waals surface area (Å²) in [5, 5.41) is 0. The number of fused-ring (bicyclic) bond motifs is 1. The predicted octanol–water partition coefficient (Wildman–Crippen LogP) is 3.38. The third-order valence-corrected chi connectivity index (χ3v) is 6.55. The van der Waals surface area contributed by atoms with Gasteiger partial charge in [-0.25, -0.2) is 4.98 Å². The lowest BCUT2D eigenvalue weighted by Crippen LogP contribution is -2.48. The molecule has 4 rings (SSSR count). The molecule has 6 heteroatoms. The van der Waals surface area contributed by atoms with E-state index in [0.717, 1.165) is 23.4 Å². The molecule has 0 radical (unpaired) electrons. The van der Waals surface area contributed by atoms with Crippen LogP contribution in [-0.4, -0.2) is 58.3 Å². The fourth-order valence-corrected chi connectivity index (χ4v) is 4.79. The van der Waals surface area contributed by atoms with Crippen LogP contribution in [0.4, 0.5) is 0 Å². The van der Waals surface area contributed by atoms with Crippen LogP contribution in [0.2, 0.25) is 0 Å². The Morgan fingerprint density at radius 3 is 2.79 bits per heavy atom. The molecule has 1 aliphatic heterocycles. The number of carbonyl (C=O) groups is 2. The number of imidazole rings is 1. The summed E-state index contributed by atoms with van der Waals surface area (Å²) in [6, 6.07) is 7.97. The second kappa shape index (κ2) is 8.97. The highest BCUT2D eigenvalue weighted by Crippen LogP contribution is 2.27. The van der Waals surface area contributed by atoms with Crippen molar-refractivity contribution in [1.82, 2.24) is 19.8 Å². The number of nitrogens with zero attached hydrogens (tertiary/aromatic N) is 3. The summed E-state index contributed by atoms with van der Waals surface area (Å²) in [5.74, 6) is 1.83. The van der Waals surface area contributed by atoms with Crippen molar-refractivity contribution in [1.29, 1.82) is 0 Å². The zero-order valence-corrected chi connectivity index (χ0v) is 17.4. The van der Waals surface area contributed by atoms with Crippen molar-refractivity contribution in [2.24, 2.45) is 11.8 Å². The molecule has 29 heavy (non-hydrogen) atoms. The second-order valence-electron chi connectivity index (χ2n) is 8.75. The van der Waals surface area contributed by atoms with Gasteiger partial charge < -0.3 is 14.8 Å². The molecule has 2 heterocycles. The maximum absolute atomic E-state index is 13.0. The summed E-state index contributed by atoms with van der Waals surface area (Å²) in [6.07, 6.45) is 8.20. The number of aromatic amines is 1. The van der Waals surface area contributed by atoms with Crippen LogP contribution in [0, 0.1) is 11.8 Å². The number of piperidine rings is 1. The summed E-state index contributed by atoms with van der Waals surface area (Å²) in [6.45, 7) is 2.06. The van der Waals surface area contributed by atoms with E-state index < -0.39 is 0 Å². The molecule has 2 aromatic rings. The number of benzene rings is 1. The molecule has 6 nitrogen and oxygen atoms in total. The first-order valence-electron chi connectivity index (χ1n) is 11.1. The molecule has 1 aliphatic carbocycles. The topological polar surface area (TPSA) is 69.3 Å². The molecule has 1 N–H and O–H groups in total. The van der Waals surface area contributed by atoms with Crippen LogP contribution in [0.5, 0.6) is 0 Å². The summed E-state index contributed by atoms with van der Waals surface area (Å²) in [4.78, 5) is 37.1. The Morgan fingerprint density at radius 1 is 1.21 bits per heavy atom. The normalized spacial score (nSPS) is 20.9. The largest absolute Gasteiger partial charge is 0.345 e. The van der Waals surface area contributed by atoms with Gasteiger partial charge in [-0.1, -0.05) is 31.4 Å². The monoisotopic (exact) mass is 396 g/mol. The number of likely N-dealkylation sites (tertiary alicyclic amines) is 1. The van der Waals surface area contributed by atoms with E-state index in [1.54, 1.807) is 0 Å². The minimum Gasteiger partial charge on any atom is -0.345 e. The molecule has 0 bridgehead atoms. The minimum atomic E-state index is -0.0723. The van der Waals surface area contributed by atoms with Crippen LogP contribution in [-0.2, 0) is 16.0 Å². The fraction of sp³-hybridized carbons (Fsp3) is 0.609. The number of nitrogens with one attached hydrogen (secondary N) is 1. The lowest BCUT2D eigenvalue weighted by Gasteiger charge is -2.36. The average molecular weight is 397 g/mol. The number of H-pyrrole nitrogens is 1. The number of carbonyl (C=O) groups excluding carboxylic acids is 2. The standard InChI is InChI=1S/C23H32N4O2/c1-26(14-13-21-24-19-9-5-6-10-20(19)25-21)23(29)18-11-12-22(28)27(16-18)15-17-7-3-2-4-8-17/h5-6,9-10,17-18H,2-4,7-8,11-16H2,1H3,(H,24,25)/t18-/m1/s1. The number of aromatic nitrogens is 2. The van der Waals surface area contributed by atoms with Crippen molar-refractivity contribution >= 4 is 22.8 Å². The highest BCUT2D eigenvalue weighted by molar-refractivity contribution is 5.83. The number of amides is 2. The van der Waals surface area contributed by atoms with Crippen molar-refractivity contribution in [3.63, 3.8) is 0 Å². The van der Waals surface area contributed by atoms with E-state index in [-0.39, 0.29) is 17.7 Å². The Morgan fingerprint density at radius 2 is 2.00 bits per heavy atom. The number of hydrogen-bond donors (Lipinski definition) is 1. The molecule has 0 unspecified atom stereocenters. The molecule has 1 atom stereocenters. The minimum absolute atomic E-state index is 0.0723. The molecule has 2 amide bonds. The van der Waals surface area contributed by atoms with Crippen LogP contribution in [0.25, 0.3) is 11.0 Å². The summed E-state index contributed by atoms with van der Waals surface area (Å²) in [7, 11) is 1.87. The van der Waals surface area contributed by atoms with Gasteiger partial charge in [0.1, 0.15) is 5.82 Å². The second-order valence-corrected chi connectivity index (χ2v) is 8.75. The summed E-state index contributed by atoms with van der Waals surface area (Å²) >= 11 is 0. The van der Waals surface area contributed by atoms with Crippen LogP contribution in [0.15, 0.2) is 24.3 Å². The molecular weight excluding hydrogens is 364 g/mol. The molecular formula is C23H32N4O2. The third kappa shape index (κ3) is 4.80. The van der Waals surface area contributed by atoms with Gasteiger partial charge in [0.2, 0.25) is 11.8 Å². The molecule has 156 valence electrons. The van der Waals surface area contributed by atoms with E-state index in [4.69, 9.17) is 0 Å². The quantitative estimate of drug-likeness (QED) is 0.814. The Kier molecular flexibility index (Phi) is 6.16. The van der Waals surface area contributed by atoms with Crippen molar-refractivity contribution in [3.8, 4) is 0 Å². The van der Waals surface area contributed by atoms with Crippen molar-refractivity contribution in [2.45, 2.75) is 51.4 Å². The number of likely N-dealkylation sites (N-methyl/N-ethyl adjacent to an activating group) is 1. The average Bonchev–Trinajstić information content (AvgIpc) is 3.17. The van der Waals surface area contributed by atoms with E-state index in [1.807, 2.05) is 41.1 Å². The van der Waals surface area contributed by atoms with Gasteiger partial charge in [0.25, 0.3) is 0 Å². The Labute approximate surface area is 172 Å². The molecule has 2 fully saturated rings. The summed E-state index contributed by atoms with van der Waals surface area (Å²) in [5.41, 5.74) is 1.99. The van der Waals surface area contributed by atoms with Gasteiger partial charge in [0.05, 0.1) is 17.0 Å². The molecule has 0 spiro atoms. The van der Waals surface area contributed by atoms with E-state index in [9.17, 15) is 9.59 Å². The molecule has 1 aromatic heterocycles. The SMILES string of the molecule is CN(CCc1nc2ccccc2[nH]1)C(=O)[C@@H]1CCC(=O)N(CC2CCCCC2)C1. The van der Waals surface area contributed by atoms with E-state index >= 15 is 0 Å². The molecule has 2 aliphatic rings. The van der Waals surface area contributed by atoms with Gasteiger partial charge in [0, 0.05) is 39.5 Å². The zero-order chi connectivity index (χ0) is 20.2. The Hall–Kier alpha value is -2.37. The predicted molar refractivity (Wildman–Crippen MR) is 113 cm³/mol. The van der Waals surface area contributed by atoms with Gasteiger partial charge in [-0.15, -0.1) is 0 Å². The molecule has 1 saturated carbocycles. The van der Waals surface area contributed by atoms with Gasteiger partial charge in [-0.3, -0.25) is 9.59 Å². The third-order valence-electron chi connectivity index (χ3n) is 6.55. The maximum Gasteiger partial charge on any atom is 0.227 e. The Balaban J connectivity index is 1.30. The highest BCUT2D eigenvalue weighted by Gasteiger charge is 2.33. The van der Waals surface area contributed by atoms with E-state index in [2.05, 4.69) is 9.97 Å². The fourth-order valence-electron chi connectivity index (χ4n) is 4.79. The van der Waals surface area contributed by atoms with Gasteiger partial charge in [-0.2, -0.15) is 0 Å². The van der Waals surface area contributed by atoms with Crippen molar-refractivity contribution in [3.05, 3.63) is 30.1 Å². The first-order valence-corrected chi connectivity index (χ1v) is 11.1. The number of rotatable bonds is 6.